The normalized spacial score (nSPS) is 12.5. The fraction of sp³-hybridized carbons (Fsp3) is 0.500. The van der Waals surface area contributed by atoms with Crippen molar-refractivity contribution < 1.29 is 19.1 Å². The summed E-state index contributed by atoms with van der Waals surface area (Å²) in [6.45, 7) is 10.4. The first-order valence-electron chi connectivity index (χ1n) is 14.8. The number of benzene rings is 2. The van der Waals surface area contributed by atoms with Crippen molar-refractivity contribution in [2.45, 2.75) is 97.2 Å². The molecule has 0 fully saturated rings. The van der Waals surface area contributed by atoms with Gasteiger partial charge in [-0.15, -0.1) is 6.42 Å². The molecule has 222 valence electrons. The monoisotopic (exact) mass is 561 g/mol. The lowest BCUT2D eigenvalue weighted by molar-refractivity contribution is -0.142. The standard InChI is InChI=1S/C34H47N3O4/c1-7-10-15-23-35-31(38)30(28-21-19-26(9-3)20-22-28)37(24-16-11-8-2)32(39)29(25-27-17-13-12-14-18-27)36-33(40)41-34(4,5)6/h3,12-14,17-22,29-30H,7-8,10-11,15-16,23-25H2,1-2,4-6H3,(H,35,38)(H,36,40). The van der Waals surface area contributed by atoms with E-state index in [9.17, 15) is 14.4 Å². The molecular weight excluding hydrogens is 514 g/mol. The van der Waals surface area contributed by atoms with Crippen molar-refractivity contribution in [3.63, 3.8) is 0 Å². The van der Waals surface area contributed by atoms with Crippen molar-refractivity contribution >= 4 is 17.9 Å². The van der Waals surface area contributed by atoms with E-state index in [1.165, 1.54) is 0 Å². The number of terminal acetylenes is 1. The Morgan fingerprint density at radius 3 is 2.15 bits per heavy atom. The predicted molar refractivity (Wildman–Crippen MR) is 164 cm³/mol. The van der Waals surface area contributed by atoms with Crippen LogP contribution in [0.15, 0.2) is 54.6 Å². The van der Waals surface area contributed by atoms with Gasteiger partial charge in [-0.25, -0.2) is 4.79 Å². The first kappa shape index (κ1) is 33.4. The zero-order valence-corrected chi connectivity index (χ0v) is 25.4. The van der Waals surface area contributed by atoms with Crippen LogP contribution in [-0.2, 0) is 20.7 Å². The van der Waals surface area contributed by atoms with Gasteiger partial charge in [-0.3, -0.25) is 9.59 Å². The summed E-state index contributed by atoms with van der Waals surface area (Å²) >= 11 is 0. The number of rotatable bonds is 15. The fourth-order valence-corrected chi connectivity index (χ4v) is 4.52. The van der Waals surface area contributed by atoms with Crippen LogP contribution in [0.2, 0.25) is 0 Å². The average molecular weight is 562 g/mol. The molecule has 0 heterocycles. The van der Waals surface area contributed by atoms with E-state index >= 15 is 0 Å². The molecule has 2 rings (SSSR count). The van der Waals surface area contributed by atoms with Gasteiger partial charge in [-0.2, -0.15) is 0 Å². The summed E-state index contributed by atoms with van der Waals surface area (Å²) in [7, 11) is 0. The summed E-state index contributed by atoms with van der Waals surface area (Å²) in [4.78, 5) is 42.7. The van der Waals surface area contributed by atoms with Crippen LogP contribution in [0, 0.1) is 12.3 Å². The van der Waals surface area contributed by atoms with Crippen LogP contribution in [0.25, 0.3) is 0 Å². The second-order valence-electron chi connectivity index (χ2n) is 11.3. The Kier molecular flexibility index (Phi) is 14.0. The first-order valence-corrected chi connectivity index (χ1v) is 14.8. The predicted octanol–water partition coefficient (Wildman–Crippen LogP) is 6.17. The minimum atomic E-state index is -0.936. The number of hydrogen-bond acceptors (Lipinski definition) is 4. The highest BCUT2D eigenvalue weighted by Crippen LogP contribution is 2.25. The van der Waals surface area contributed by atoms with Crippen LogP contribution in [0.4, 0.5) is 4.79 Å². The zero-order valence-electron chi connectivity index (χ0n) is 25.4. The van der Waals surface area contributed by atoms with Crippen molar-refractivity contribution in [2.24, 2.45) is 0 Å². The molecule has 41 heavy (non-hydrogen) atoms. The van der Waals surface area contributed by atoms with Gasteiger partial charge in [0.1, 0.15) is 17.7 Å². The Balaban J connectivity index is 2.52. The van der Waals surface area contributed by atoms with Crippen LogP contribution in [0.3, 0.4) is 0 Å². The molecule has 0 aromatic heterocycles. The molecule has 2 aromatic carbocycles. The van der Waals surface area contributed by atoms with Gasteiger partial charge in [0.2, 0.25) is 11.8 Å². The number of carbonyl (C=O) groups is 3. The Hall–Kier alpha value is -3.79. The third-order valence-corrected chi connectivity index (χ3v) is 6.59. The highest BCUT2D eigenvalue weighted by atomic mass is 16.6. The highest BCUT2D eigenvalue weighted by Gasteiger charge is 2.36. The summed E-state index contributed by atoms with van der Waals surface area (Å²) in [5.41, 5.74) is 1.51. The van der Waals surface area contributed by atoms with Crippen LogP contribution in [0.1, 0.15) is 95.9 Å². The van der Waals surface area contributed by atoms with Crippen LogP contribution >= 0.6 is 0 Å². The Labute approximate surface area is 246 Å². The molecular formula is C34H47N3O4. The highest BCUT2D eigenvalue weighted by molar-refractivity contribution is 5.92. The van der Waals surface area contributed by atoms with Gasteiger partial charge in [0.05, 0.1) is 0 Å². The number of hydrogen-bond donors (Lipinski definition) is 2. The maximum absolute atomic E-state index is 14.4. The molecule has 0 aliphatic carbocycles. The van der Waals surface area contributed by atoms with Crippen molar-refractivity contribution in [1.29, 1.82) is 0 Å². The van der Waals surface area contributed by atoms with Crippen LogP contribution in [0.5, 0.6) is 0 Å². The molecule has 2 aromatic rings. The second-order valence-corrected chi connectivity index (χ2v) is 11.3. The van der Waals surface area contributed by atoms with Gasteiger partial charge < -0.3 is 20.3 Å². The van der Waals surface area contributed by atoms with Crippen molar-refractivity contribution in [2.75, 3.05) is 13.1 Å². The second kappa shape index (κ2) is 17.1. The molecule has 0 aliphatic rings. The van der Waals surface area contributed by atoms with Gasteiger partial charge in [0.25, 0.3) is 0 Å². The third kappa shape index (κ3) is 11.7. The fourth-order valence-electron chi connectivity index (χ4n) is 4.52. The molecule has 7 heteroatoms. The van der Waals surface area contributed by atoms with Crippen molar-refractivity contribution in [3.05, 3.63) is 71.3 Å². The molecule has 0 bridgehead atoms. The van der Waals surface area contributed by atoms with E-state index in [4.69, 9.17) is 11.2 Å². The SMILES string of the molecule is C#Cc1ccc(C(C(=O)NCCCCC)N(CCCCC)C(=O)C(Cc2ccccc2)NC(=O)OC(C)(C)C)cc1. The Morgan fingerprint density at radius 2 is 1.56 bits per heavy atom. The van der Waals surface area contributed by atoms with Gasteiger partial charge in [0, 0.05) is 25.1 Å². The van der Waals surface area contributed by atoms with E-state index in [1.54, 1.807) is 49.9 Å². The number of alkyl carbamates (subject to hydrolysis) is 1. The van der Waals surface area contributed by atoms with E-state index in [1.807, 2.05) is 30.3 Å². The lowest BCUT2D eigenvalue weighted by Crippen LogP contribution is -2.54. The van der Waals surface area contributed by atoms with Crippen molar-refractivity contribution in [3.8, 4) is 12.3 Å². The maximum Gasteiger partial charge on any atom is 0.408 e. The molecule has 0 radical (unpaired) electrons. The minimum absolute atomic E-state index is 0.254. The van der Waals surface area contributed by atoms with Gasteiger partial charge in [0.15, 0.2) is 0 Å². The molecule has 3 amide bonds. The average Bonchev–Trinajstić information content (AvgIpc) is 2.94. The summed E-state index contributed by atoms with van der Waals surface area (Å²) in [5, 5.41) is 5.85. The summed E-state index contributed by atoms with van der Waals surface area (Å²) in [6, 6.07) is 14.9. The van der Waals surface area contributed by atoms with Crippen molar-refractivity contribution in [1.82, 2.24) is 15.5 Å². The van der Waals surface area contributed by atoms with Gasteiger partial charge in [-0.05, 0) is 56.9 Å². The number of nitrogens with one attached hydrogen (secondary N) is 2. The zero-order chi connectivity index (χ0) is 30.3. The molecule has 2 unspecified atom stereocenters. The molecule has 7 nitrogen and oxygen atoms in total. The Morgan fingerprint density at radius 1 is 0.927 bits per heavy atom. The van der Waals surface area contributed by atoms with E-state index in [0.717, 1.165) is 44.1 Å². The maximum atomic E-state index is 14.4. The lowest BCUT2D eigenvalue weighted by atomic mass is 9.99. The molecule has 0 aliphatic heterocycles. The van der Waals surface area contributed by atoms with E-state index in [-0.39, 0.29) is 18.2 Å². The van der Waals surface area contributed by atoms with Crippen LogP contribution in [-0.4, -0.2) is 47.5 Å². The lowest BCUT2D eigenvalue weighted by Gasteiger charge is -2.34. The molecule has 0 spiro atoms. The molecule has 2 atom stereocenters. The molecule has 2 N–H and O–H groups in total. The number of amides is 3. The molecule has 0 saturated carbocycles. The summed E-state index contributed by atoms with van der Waals surface area (Å²) < 4.78 is 5.51. The number of ether oxygens (including phenoxy) is 1. The number of nitrogens with zero attached hydrogens (tertiary/aromatic N) is 1. The number of carbonyl (C=O) groups excluding carboxylic acids is 3. The number of unbranched alkanes of at least 4 members (excludes halogenated alkanes) is 4. The van der Waals surface area contributed by atoms with Crippen LogP contribution < -0.4 is 10.6 Å². The topological polar surface area (TPSA) is 87.7 Å². The van der Waals surface area contributed by atoms with Gasteiger partial charge in [-0.1, -0.05) is 87.9 Å². The first-order chi connectivity index (χ1) is 19.6. The largest absolute Gasteiger partial charge is 0.444 e. The van der Waals surface area contributed by atoms with Gasteiger partial charge >= 0.3 is 6.09 Å². The Bertz CT molecular complexity index is 1130. The molecule has 0 saturated heterocycles. The quantitative estimate of drug-likeness (QED) is 0.201. The van der Waals surface area contributed by atoms with E-state index in [2.05, 4.69) is 30.4 Å². The summed E-state index contributed by atoms with van der Waals surface area (Å²) in [5.74, 6) is 2.01. The van der Waals surface area contributed by atoms with E-state index in [0.29, 0.717) is 24.2 Å². The minimum Gasteiger partial charge on any atom is -0.444 e. The smallest absolute Gasteiger partial charge is 0.408 e. The van der Waals surface area contributed by atoms with E-state index < -0.39 is 23.8 Å². The third-order valence-electron chi connectivity index (χ3n) is 6.59. The summed E-state index contributed by atoms with van der Waals surface area (Å²) in [6.07, 6.45) is 10.6.